The largest absolute Gasteiger partial charge is 0.481 e. The van der Waals surface area contributed by atoms with Crippen molar-refractivity contribution in [3.63, 3.8) is 0 Å². The van der Waals surface area contributed by atoms with Gasteiger partial charge in [-0.25, -0.2) is 0 Å². The molecule has 2 N–H and O–H groups in total. The van der Waals surface area contributed by atoms with E-state index in [1.165, 1.54) is 5.56 Å². The monoisotopic (exact) mass is 305 g/mol. The Morgan fingerprint density at radius 3 is 2.50 bits per heavy atom. The fourth-order valence-electron chi connectivity index (χ4n) is 2.68. The van der Waals surface area contributed by atoms with E-state index in [2.05, 4.69) is 5.32 Å². The Morgan fingerprint density at radius 1 is 1.18 bits per heavy atom. The number of aliphatic carboxylic acids is 1. The molecule has 0 unspecified atom stereocenters. The fourth-order valence-corrected chi connectivity index (χ4v) is 2.68. The Morgan fingerprint density at radius 2 is 1.86 bits per heavy atom. The number of carboxylic acids is 1. The zero-order chi connectivity index (χ0) is 15.8. The number of rotatable bonds is 7. The fraction of sp³-hybridized carbons (Fsp3) is 0.529. The van der Waals surface area contributed by atoms with E-state index in [0.717, 1.165) is 12.8 Å². The van der Waals surface area contributed by atoms with E-state index in [1.54, 1.807) is 0 Å². The lowest BCUT2D eigenvalue weighted by Crippen LogP contribution is -2.46. The molecule has 1 heterocycles. The first-order valence-electron chi connectivity index (χ1n) is 7.74. The van der Waals surface area contributed by atoms with Crippen molar-refractivity contribution >= 4 is 11.9 Å². The van der Waals surface area contributed by atoms with Crippen molar-refractivity contribution in [1.29, 1.82) is 0 Å². The second kappa shape index (κ2) is 7.94. The minimum Gasteiger partial charge on any atom is -0.481 e. The molecule has 1 aliphatic rings. The van der Waals surface area contributed by atoms with Gasteiger partial charge in [-0.15, -0.1) is 0 Å². The number of ether oxygens (including phenoxy) is 1. The van der Waals surface area contributed by atoms with E-state index in [-0.39, 0.29) is 12.5 Å². The van der Waals surface area contributed by atoms with Gasteiger partial charge >= 0.3 is 5.97 Å². The number of hydrogen-bond donors (Lipinski definition) is 2. The molecule has 0 bridgehead atoms. The maximum absolute atomic E-state index is 11.9. The van der Waals surface area contributed by atoms with Crippen molar-refractivity contribution in [2.45, 2.75) is 32.1 Å². The molecule has 1 saturated heterocycles. The summed E-state index contributed by atoms with van der Waals surface area (Å²) in [4.78, 5) is 23.4. The van der Waals surface area contributed by atoms with Gasteiger partial charge in [0.05, 0.1) is 5.41 Å². The average molecular weight is 305 g/mol. The molecule has 5 nitrogen and oxygen atoms in total. The molecule has 5 heteroatoms. The number of hydrogen-bond acceptors (Lipinski definition) is 3. The highest BCUT2D eigenvalue weighted by Crippen LogP contribution is 2.30. The smallest absolute Gasteiger partial charge is 0.311 e. The number of carbonyl (C=O) groups excluding carboxylic acids is 1. The normalized spacial score (nSPS) is 16.9. The molecule has 1 aliphatic heterocycles. The summed E-state index contributed by atoms with van der Waals surface area (Å²) in [5.41, 5.74) is 0.342. The third-order valence-electron chi connectivity index (χ3n) is 4.24. The topological polar surface area (TPSA) is 75.6 Å². The van der Waals surface area contributed by atoms with E-state index in [9.17, 15) is 14.7 Å². The van der Waals surface area contributed by atoms with Crippen molar-refractivity contribution in [3.05, 3.63) is 35.9 Å². The Balaban J connectivity index is 1.73. The number of nitrogens with one attached hydrogen (secondary N) is 1. The second-order valence-electron chi connectivity index (χ2n) is 5.81. The van der Waals surface area contributed by atoms with E-state index < -0.39 is 11.4 Å². The quantitative estimate of drug-likeness (QED) is 0.808. The van der Waals surface area contributed by atoms with Crippen LogP contribution in [0.25, 0.3) is 0 Å². The summed E-state index contributed by atoms with van der Waals surface area (Å²) < 4.78 is 5.22. The van der Waals surface area contributed by atoms with Crippen LogP contribution >= 0.6 is 0 Å². The van der Waals surface area contributed by atoms with Crippen molar-refractivity contribution < 1.29 is 19.4 Å². The Bertz CT molecular complexity index is 495. The van der Waals surface area contributed by atoms with Crippen molar-refractivity contribution in [2.75, 3.05) is 19.8 Å². The molecule has 1 fully saturated rings. The van der Waals surface area contributed by atoms with Gasteiger partial charge in [0.25, 0.3) is 0 Å². The molecule has 0 radical (unpaired) electrons. The summed E-state index contributed by atoms with van der Waals surface area (Å²) in [6.45, 7) is 1.07. The van der Waals surface area contributed by atoms with Gasteiger partial charge in [-0.2, -0.15) is 0 Å². The van der Waals surface area contributed by atoms with Gasteiger partial charge < -0.3 is 15.2 Å². The average Bonchev–Trinajstić information content (AvgIpc) is 2.55. The first-order valence-corrected chi connectivity index (χ1v) is 7.74. The van der Waals surface area contributed by atoms with Crippen molar-refractivity contribution in [3.8, 4) is 0 Å². The molecular formula is C17H23NO4. The van der Waals surface area contributed by atoms with Crippen LogP contribution in [0.1, 0.15) is 31.2 Å². The van der Waals surface area contributed by atoms with Gasteiger partial charge in [0.15, 0.2) is 0 Å². The Hall–Kier alpha value is -1.88. The molecule has 0 spiro atoms. The van der Waals surface area contributed by atoms with Crippen LogP contribution in [-0.2, 0) is 20.7 Å². The van der Waals surface area contributed by atoms with Gasteiger partial charge in [-0.3, -0.25) is 9.59 Å². The first kappa shape index (κ1) is 16.5. The van der Waals surface area contributed by atoms with Crippen LogP contribution in [-0.4, -0.2) is 36.7 Å². The summed E-state index contributed by atoms with van der Waals surface area (Å²) in [5, 5.41) is 12.2. The Labute approximate surface area is 130 Å². The maximum atomic E-state index is 11.9. The van der Waals surface area contributed by atoms with Crippen LogP contribution < -0.4 is 5.32 Å². The molecule has 1 amide bonds. The predicted octanol–water partition coefficient (Wildman–Crippen LogP) is 2.01. The predicted molar refractivity (Wildman–Crippen MR) is 82.5 cm³/mol. The van der Waals surface area contributed by atoms with Gasteiger partial charge in [0.1, 0.15) is 0 Å². The van der Waals surface area contributed by atoms with E-state index in [1.807, 2.05) is 30.3 Å². The van der Waals surface area contributed by atoms with E-state index in [4.69, 9.17) is 4.74 Å². The highest BCUT2D eigenvalue weighted by Gasteiger charge is 2.40. The number of carbonyl (C=O) groups is 2. The van der Waals surface area contributed by atoms with Crippen LogP contribution in [0, 0.1) is 5.41 Å². The molecule has 0 atom stereocenters. The molecular weight excluding hydrogens is 282 g/mol. The molecule has 1 aromatic rings. The number of amides is 1. The summed E-state index contributed by atoms with van der Waals surface area (Å²) >= 11 is 0. The molecule has 0 aliphatic carbocycles. The third-order valence-corrected chi connectivity index (χ3v) is 4.24. The number of aryl methyl sites for hydroxylation is 1. The van der Waals surface area contributed by atoms with Crippen LogP contribution in [0.15, 0.2) is 30.3 Å². The lowest BCUT2D eigenvalue weighted by atomic mass is 9.80. The molecule has 0 aromatic heterocycles. The molecule has 1 aromatic carbocycles. The number of carboxylic acid groups (broad SMARTS) is 1. The number of benzene rings is 1. The van der Waals surface area contributed by atoms with Crippen LogP contribution in [0.3, 0.4) is 0 Å². The SMILES string of the molecule is O=C(CCCc1ccccc1)NCC1(C(=O)O)CCOCC1. The van der Waals surface area contributed by atoms with Crippen LogP contribution in [0.4, 0.5) is 0 Å². The van der Waals surface area contributed by atoms with Crippen LogP contribution in [0.5, 0.6) is 0 Å². The minimum atomic E-state index is -0.868. The highest BCUT2D eigenvalue weighted by molar-refractivity contribution is 5.79. The zero-order valence-electron chi connectivity index (χ0n) is 12.7. The summed E-state index contributed by atoms with van der Waals surface area (Å²) in [5.74, 6) is -0.927. The molecule has 120 valence electrons. The van der Waals surface area contributed by atoms with E-state index >= 15 is 0 Å². The van der Waals surface area contributed by atoms with Gasteiger partial charge in [-0.05, 0) is 31.2 Å². The third kappa shape index (κ3) is 4.56. The Kier molecular flexibility index (Phi) is 5.95. The minimum absolute atomic E-state index is 0.0805. The summed E-state index contributed by atoms with van der Waals surface area (Å²) in [6.07, 6.45) is 2.94. The van der Waals surface area contributed by atoms with Crippen LogP contribution in [0.2, 0.25) is 0 Å². The van der Waals surface area contributed by atoms with Gasteiger partial charge in [0, 0.05) is 26.2 Å². The molecule has 22 heavy (non-hydrogen) atoms. The molecule has 2 rings (SSSR count). The lowest BCUT2D eigenvalue weighted by molar-refractivity contribution is -0.154. The highest BCUT2D eigenvalue weighted by atomic mass is 16.5. The second-order valence-corrected chi connectivity index (χ2v) is 5.81. The van der Waals surface area contributed by atoms with Crippen molar-refractivity contribution in [1.82, 2.24) is 5.32 Å². The standard InChI is InChI=1S/C17H23NO4/c19-15(8-4-7-14-5-2-1-3-6-14)18-13-17(16(20)21)9-11-22-12-10-17/h1-3,5-6H,4,7-13H2,(H,18,19)(H,20,21). The maximum Gasteiger partial charge on any atom is 0.311 e. The first-order chi connectivity index (χ1) is 10.6. The van der Waals surface area contributed by atoms with Gasteiger partial charge in [-0.1, -0.05) is 30.3 Å². The molecule has 0 saturated carbocycles. The summed E-state index contributed by atoms with van der Waals surface area (Å²) in [6, 6.07) is 10.0. The zero-order valence-corrected chi connectivity index (χ0v) is 12.7. The lowest BCUT2D eigenvalue weighted by Gasteiger charge is -2.33. The van der Waals surface area contributed by atoms with Gasteiger partial charge in [0.2, 0.25) is 5.91 Å². The van der Waals surface area contributed by atoms with Crippen molar-refractivity contribution in [2.24, 2.45) is 5.41 Å². The summed E-state index contributed by atoms with van der Waals surface area (Å²) in [7, 11) is 0. The van der Waals surface area contributed by atoms with E-state index in [0.29, 0.717) is 32.5 Å².